The van der Waals surface area contributed by atoms with Crippen LogP contribution in [-0.4, -0.2) is 58.1 Å². The normalized spacial score (nSPS) is 15.9. The second-order valence-corrected chi connectivity index (χ2v) is 9.30. The molecule has 1 N–H and O–H groups in total. The Morgan fingerprint density at radius 1 is 1.16 bits per heavy atom. The highest BCUT2D eigenvalue weighted by molar-refractivity contribution is 5.89. The van der Waals surface area contributed by atoms with E-state index in [2.05, 4.69) is 15.6 Å². The summed E-state index contributed by atoms with van der Waals surface area (Å²) >= 11 is 0. The lowest BCUT2D eigenvalue weighted by molar-refractivity contribution is -0.143. The molecule has 10 heteroatoms. The first-order valence-corrected chi connectivity index (χ1v) is 12.7. The summed E-state index contributed by atoms with van der Waals surface area (Å²) in [5.41, 5.74) is 2.17. The molecule has 0 unspecified atom stereocenters. The maximum absolute atomic E-state index is 14.0. The minimum absolute atomic E-state index is 0.0437. The van der Waals surface area contributed by atoms with Gasteiger partial charge in [0.15, 0.2) is 6.04 Å². The number of amides is 2. The minimum Gasteiger partial charge on any atom is -0.496 e. The van der Waals surface area contributed by atoms with Crippen LogP contribution in [0.1, 0.15) is 36.0 Å². The number of nitrogens with zero attached hydrogens (tertiary/aromatic N) is 4. The highest BCUT2D eigenvalue weighted by Gasteiger charge is 2.35. The Labute approximate surface area is 220 Å². The quantitative estimate of drug-likeness (QED) is 0.343. The second-order valence-electron chi connectivity index (χ2n) is 9.30. The van der Waals surface area contributed by atoms with Crippen molar-refractivity contribution < 1.29 is 23.5 Å². The highest BCUT2D eigenvalue weighted by Crippen LogP contribution is 2.29. The van der Waals surface area contributed by atoms with Gasteiger partial charge in [0.1, 0.15) is 29.3 Å². The van der Waals surface area contributed by atoms with Crippen molar-refractivity contribution in [1.82, 2.24) is 25.2 Å². The van der Waals surface area contributed by atoms with Gasteiger partial charge in [0.05, 0.1) is 25.3 Å². The number of benzene rings is 2. The first kappa shape index (κ1) is 25.5. The van der Waals surface area contributed by atoms with Gasteiger partial charge in [-0.2, -0.15) is 0 Å². The lowest BCUT2D eigenvalue weighted by Gasteiger charge is -2.30. The van der Waals surface area contributed by atoms with Crippen LogP contribution in [0.5, 0.6) is 5.75 Å². The minimum atomic E-state index is -1.02. The number of aryl methyl sites for hydroxylation is 1. The monoisotopic (exact) mass is 517 g/mol. The maximum atomic E-state index is 14.0. The summed E-state index contributed by atoms with van der Waals surface area (Å²) in [6.45, 7) is 2.86. The van der Waals surface area contributed by atoms with E-state index in [4.69, 9.17) is 13.9 Å². The van der Waals surface area contributed by atoms with E-state index in [1.54, 1.807) is 30.8 Å². The molecule has 2 aromatic heterocycles. The van der Waals surface area contributed by atoms with Crippen molar-refractivity contribution in [2.24, 2.45) is 0 Å². The van der Waals surface area contributed by atoms with Crippen LogP contribution in [-0.2, 0) is 27.4 Å². The molecule has 1 aliphatic rings. The number of hydrogen-bond acceptors (Lipinski definition) is 7. The zero-order chi connectivity index (χ0) is 26.5. The van der Waals surface area contributed by atoms with Gasteiger partial charge in [-0.15, -0.1) is 5.10 Å². The molecular formula is C28H31N5O5. The van der Waals surface area contributed by atoms with Crippen molar-refractivity contribution >= 4 is 22.8 Å². The summed E-state index contributed by atoms with van der Waals surface area (Å²) in [5, 5.41) is 11.3. The Balaban J connectivity index is 1.50. The van der Waals surface area contributed by atoms with E-state index in [0.29, 0.717) is 35.9 Å². The van der Waals surface area contributed by atoms with E-state index >= 15 is 0 Å². The Morgan fingerprint density at radius 3 is 2.74 bits per heavy atom. The summed E-state index contributed by atoms with van der Waals surface area (Å²) in [6.07, 6.45) is 1.80. The van der Waals surface area contributed by atoms with Gasteiger partial charge in [-0.1, -0.05) is 35.5 Å². The molecule has 5 rings (SSSR count). The van der Waals surface area contributed by atoms with Crippen LogP contribution < -0.4 is 10.1 Å². The molecule has 2 atom stereocenters. The second kappa shape index (κ2) is 11.5. The van der Waals surface area contributed by atoms with Crippen molar-refractivity contribution in [3.63, 3.8) is 0 Å². The van der Waals surface area contributed by atoms with Crippen LogP contribution in [0, 0.1) is 6.92 Å². The Morgan fingerprint density at radius 2 is 1.97 bits per heavy atom. The van der Waals surface area contributed by atoms with E-state index < -0.39 is 6.04 Å². The third kappa shape index (κ3) is 5.55. The number of carbonyl (C=O) groups excluding carboxylic acids is 2. The first-order chi connectivity index (χ1) is 18.5. The maximum Gasteiger partial charge on any atom is 0.250 e. The zero-order valence-corrected chi connectivity index (χ0v) is 21.5. The molecule has 4 aromatic rings. The van der Waals surface area contributed by atoms with Crippen molar-refractivity contribution in [2.75, 3.05) is 20.3 Å². The third-order valence-electron chi connectivity index (χ3n) is 6.68. The van der Waals surface area contributed by atoms with Crippen LogP contribution in [0.25, 0.3) is 11.0 Å². The Kier molecular flexibility index (Phi) is 7.69. The van der Waals surface area contributed by atoms with Gasteiger partial charge >= 0.3 is 0 Å². The van der Waals surface area contributed by atoms with Gasteiger partial charge in [0, 0.05) is 18.7 Å². The number of ether oxygens (including phenoxy) is 2. The zero-order valence-electron chi connectivity index (χ0n) is 21.5. The van der Waals surface area contributed by atoms with Crippen LogP contribution in [0.3, 0.4) is 0 Å². The molecule has 10 nitrogen and oxygen atoms in total. The van der Waals surface area contributed by atoms with E-state index in [9.17, 15) is 9.59 Å². The Bertz CT molecular complexity index is 1410. The van der Waals surface area contributed by atoms with E-state index in [-0.39, 0.29) is 31.0 Å². The topological polar surface area (TPSA) is 112 Å². The van der Waals surface area contributed by atoms with Gasteiger partial charge < -0.3 is 24.1 Å². The Hall–Kier alpha value is -4.18. The van der Waals surface area contributed by atoms with Gasteiger partial charge in [-0.05, 0) is 50.1 Å². The van der Waals surface area contributed by atoms with Crippen molar-refractivity contribution in [3.8, 4) is 5.75 Å². The molecule has 2 amide bonds. The number of furan rings is 1. The molecule has 0 saturated carbocycles. The molecular weight excluding hydrogens is 486 g/mol. The number of rotatable bonds is 10. The predicted molar refractivity (Wildman–Crippen MR) is 139 cm³/mol. The fourth-order valence-corrected chi connectivity index (χ4v) is 4.73. The fraction of sp³-hybridized carbons (Fsp3) is 0.357. The number of methoxy groups -OCH3 is 1. The average Bonchev–Trinajstić information content (AvgIpc) is 3.69. The summed E-state index contributed by atoms with van der Waals surface area (Å²) in [5.74, 6) is 0.966. The van der Waals surface area contributed by atoms with Gasteiger partial charge in [-0.3, -0.25) is 9.59 Å². The smallest absolute Gasteiger partial charge is 0.250 e. The van der Waals surface area contributed by atoms with Gasteiger partial charge in [0.2, 0.25) is 5.91 Å². The fourth-order valence-electron chi connectivity index (χ4n) is 4.73. The molecule has 3 heterocycles. The molecule has 1 aliphatic heterocycles. The largest absolute Gasteiger partial charge is 0.496 e. The predicted octanol–water partition coefficient (Wildman–Crippen LogP) is 3.41. The summed E-state index contributed by atoms with van der Waals surface area (Å²) < 4.78 is 18.7. The van der Waals surface area contributed by atoms with E-state index in [1.807, 2.05) is 48.5 Å². The number of para-hydroxylation sites is 2. The number of fused-ring (bicyclic) bond motifs is 1. The molecule has 38 heavy (non-hydrogen) atoms. The SMILES string of the molecule is COc1ccccc1CN(C(=O)Cn1nnc2ccccc21)[C@@H](C(=O)NC[C@H]1CCCO1)c1ccc(C)o1. The van der Waals surface area contributed by atoms with Gasteiger partial charge in [-0.25, -0.2) is 4.68 Å². The first-order valence-electron chi connectivity index (χ1n) is 12.7. The molecule has 0 radical (unpaired) electrons. The van der Waals surface area contributed by atoms with Crippen molar-refractivity contribution in [3.05, 3.63) is 77.7 Å². The third-order valence-corrected chi connectivity index (χ3v) is 6.68. The molecule has 1 saturated heterocycles. The number of hydrogen-bond donors (Lipinski definition) is 1. The molecule has 0 spiro atoms. The molecule has 198 valence electrons. The summed E-state index contributed by atoms with van der Waals surface area (Å²) in [4.78, 5) is 29.2. The lowest BCUT2D eigenvalue weighted by atomic mass is 10.1. The summed E-state index contributed by atoms with van der Waals surface area (Å²) in [7, 11) is 1.58. The lowest BCUT2D eigenvalue weighted by Crippen LogP contribution is -2.46. The standard InChI is InChI=1S/C28H31N5O5/c1-19-13-14-25(38-19)27(28(35)29-16-21-9-7-15-37-21)32(17-20-8-3-6-12-24(20)36-2)26(34)18-33-23-11-5-4-10-22(23)30-31-33/h3-6,8,10-14,21,27H,7,9,15-18H2,1-2H3,(H,29,35)/t21-,27-/m1/s1. The van der Waals surface area contributed by atoms with E-state index in [1.165, 1.54) is 4.90 Å². The van der Waals surface area contributed by atoms with E-state index in [0.717, 1.165) is 23.9 Å². The molecule has 0 aliphatic carbocycles. The van der Waals surface area contributed by atoms with Crippen LogP contribution in [0.4, 0.5) is 0 Å². The number of aromatic nitrogens is 3. The van der Waals surface area contributed by atoms with Crippen molar-refractivity contribution in [1.29, 1.82) is 0 Å². The molecule has 1 fully saturated rings. The van der Waals surface area contributed by atoms with Crippen LogP contribution in [0.15, 0.2) is 65.1 Å². The average molecular weight is 518 g/mol. The van der Waals surface area contributed by atoms with Crippen molar-refractivity contribution in [2.45, 2.75) is 45.0 Å². The summed E-state index contributed by atoms with van der Waals surface area (Å²) in [6, 6.07) is 17.4. The van der Waals surface area contributed by atoms with Crippen LogP contribution in [0.2, 0.25) is 0 Å². The van der Waals surface area contributed by atoms with Crippen LogP contribution >= 0.6 is 0 Å². The molecule has 0 bridgehead atoms. The number of carbonyl (C=O) groups is 2. The van der Waals surface area contributed by atoms with Gasteiger partial charge in [0.25, 0.3) is 5.91 Å². The highest BCUT2D eigenvalue weighted by atomic mass is 16.5. The molecule has 2 aromatic carbocycles. The number of nitrogens with one attached hydrogen (secondary N) is 1.